The van der Waals surface area contributed by atoms with Crippen LogP contribution in [0.1, 0.15) is 12.8 Å². The van der Waals surface area contributed by atoms with Crippen molar-refractivity contribution in [1.82, 2.24) is 5.32 Å². The third-order valence-electron chi connectivity index (χ3n) is 3.39. The molecule has 1 saturated heterocycles. The van der Waals surface area contributed by atoms with Crippen LogP contribution in [0.5, 0.6) is 0 Å². The van der Waals surface area contributed by atoms with Gasteiger partial charge < -0.3 is 10.6 Å². The van der Waals surface area contributed by atoms with Gasteiger partial charge in [0, 0.05) is 10.9 Å². The molecule has 22 heavy (non-hydrogen) atoms. The molecule has 1 aromatic carbocycles. The van der Waals surface area contributed by atoms with E-state index in [1.54, 1.807) is 18.2 Å². The summed E-state index contributed by atoms with van der Waals surface area (Å²) in [6, 6.07) is 7.17. The van der Waals surface area contributed by atoms with Gasteiger partial charge >= 0.3 is 0 Å². The third-order valence-corrected chi connectivity index (χ3v) is 5.92. The summed E-state index contributed by atoms with van der Waals surface area (Å²) in [5.74, 6) is -0.572. The van der Waals surface area contributed by atoms with Crippen LogP contribution in [0.25, 0.3) is 0 Å². The Morgan fingerprint density at radius 2 is 1.95 bits per heavy atom. The first kappa shape index (κ1) is 17.0. The molecule has 0 unspecified atom stereocenters. The normalized spacial score (nSPS) is 19.6. The van der Waals surface area contributed by atoms with Crippen LogP contribution in [0.4, 0.5) is 5.69 Å². The molecule has 0 radical (unpaired) electrons. The number of hydrogen-bond donors (Lipinski definition) is 2. The fourth-order valence-corrected chi connectivity index (χ4v) is 4.55. The quantitative estimate of drug-likeness (QED) is 0.795. The summed E-state index contributed by atoms with van der Waals surface area (Å²) in [4.78, 5) is 23.5. The van der Waals surface area contributed by atoms with E-state index in [0.29, 0.717) is 12.1 Å². The van der Waals surface area contributed by atoms with Gasteiger partial charge in [-0.1, -0.05) is 12.1 Å². The minimum atomic E-state index is -2.98. The molecule has 8 heteroatoms. The highest BCUT2D eigenvalue weighted by molar-refractivity contribution is 9.10. The molecule has 1 heterocycles. The van der Waals surface area contributed by atoms with Gasteiger partial charge in [0.05, 0.1) is 23.7 Å². The van der Waals surface area contributed by atoms with Crippen LogP contribution in [0.2, 0.25) is 0 Å². The van der Waals surface area contributed by atoms with Crippen LogP contribution in [-0.4, -0.2) is 38.3 Å². The van der Waals surface area contributed by atoms with E-state index in [2.05, 4.69) is 26.6 Å². The van der Waals surface area contributed by atoms with Gasteiger partial charge in [-0.05, 0) is 40.4 Å². The molecule has 0 bridgehead atoms. The summed E-state index contributed by atoms with van der Waals surface area (Å²) in [7, 11) is -2.98. The maximum Gasteiger partial charge on any atom is 0.243 e. The van der Waals surface area contributed by atoms with Gasteiger partial charge in [-0.2, -0.15) is 0 Å². The van der Waals surface area contributed by atoms with Gasteiger partial charge in [0.25, 0.3) is 0 Å². The Balaban J connectivity index is 1.74. The highest BCUT2D eigenvalue weighted by atomic mass is 79.9. The molecule has 2 N–H and O–H groups in total. The van der Waals surface area contributed by atoms with Crippen molar-refractivity contribution in [3.8, 4) is 0 Å². The van der Waals surface area contributed by atoms with Crippen LogP contribution >= 0.6 is 15.9 Å². The highest BCUT2D eigenvalue weighted by Crippen LogP contribution is 2.22. The van der Waals surface area contributed by atoms with Crippen LogP contribution in [0.15, 0.2) is 28.7 Å². The molecule has 0 aliphatic carbocycles. The van der Waals surface area contributed by atoms with Crippen molar-refractivity contribution in [3.05, 3.63) is 28.7 Å². The molecule has 6 nitrogen and oxygen atoms in total. The zero-order chi connectivity index (χ0) is 16.2. The molecule has 1 atom stereocenters. The third kappa shape index (κ3) is 5.10. The lowest BCUT2D eigenvalue weighted by atomic mass is 10.1. The summed E-state index contributed by atoms with van der Waals surface area (Å²) >= 11 is 3.31. The van der Waals surface area contributed by atoms with E-state index >= 15 is 0 Å². The smallest absolute Gasteiger partial charge is 0.243 e. The summed E-state index contributed by atoms with van der Waals surface area (Å²) in [5.41, 5.74) is 0.628. The maximum absolute atomic E-state index is 11.8. The molecule has 120 valence electrons. The summed E-state index contributed by atoms with van der Waals surface area (Å²) in [6.07, 6.45) is 0.653. The molecule has 0 aromatic heterocycles. The molecule has 1 aliphatic rings. The summed E-state index contributed by atoms with van der Waals surface area (Å²) in [6.45, 7) is -0.139. The number of para-hydroxylation sites is 1. The number of hydrogen-bond acceptors (Lipinski definition) is 4. The van der Waals surface area contributed by atoms with E-state index in [1.807, 2.05) is 6.07 Å². The minimum absolute atomic E-state index is 0.0591. The Labute approximate surface area is 137 Å². The number of benzene rings is 1. The first-order chi connectivity index (χ1) is 10.4. The predicted octanol–water partition coefficient (Wildman–Crippen LogP) is 1.33. The minimum Gasteiger partial charge on any atom is -0.347 e. The molecular weight excluding hydrogens is 372 g/mol. The van der Waals surface area contributed by atoms with Gasteiger partial charge in [0.1, 0.15) is 0 Å². The lowest BCUT2D eigenvalue weighted by molar-refractivity contribution is -0.124. The number of carbonyl (C=O) groups excluding carboxylic acids is 2. The van der Waals surface area contributed by atoms with Crippen molar-refractivity contribution in [2.24, 2.45) is 5.92 Å². The number of amides is 2. The summed E-state index contributed by atoms with van der Waals surface area (Å²) < 4.78 is 23.4. The van der Waals surface area contributed by atoms with E-state index in [0.717, 1.165) is 4.47 Å². The Hall–Kier alpha value is -1.41. The van der Waals surface area contributed by atoms with Gasteiger partial charge in [-0.25, -0.2) is 8.42 Å². The first-order valence-electron chi connectivity index (χ1n) is 6.87. The molecule has 1 aliphatic heterocycles. The van der Waals surface area contributed by atoms with Gasteiger partial charge in [-0.3, -0.25) is 9.59 Å². The number of anilines is 1. The van der Waals surface area contributed by atoms with E-state index in [-0.39, 0.29) is 42.2 Å². The molecule has 0 spiro atoms. The van der Waals surface area contributed by atoms with Crippen molar-refractivity contribution < 1.29 is 18.0 Å². The predicted molar refractivity (Wildman–Crippen MR) is 87.2 cm³/mol. The topological polar surface area (TPSA) is 92.3 Å². The SMILES string of the molecule is O=C(C[C@H]1CCS(=O)(=O)C1)NCC(=O)Nc1ccccc1Br. The highest BCUT2D eigenvalue weighted by Gasteiger charge is 2.29. The number of halogens is 1. The largest absolute Gasteiger partial charge is 0.347 e. The number of rotatable bonds is 5. The Kier molecular flexibility index (Phi) is 5.57. The lowest BCUT2D eigenvalue weighted by Gasteiger charge is -2.10. The van der Waals surface area contributed by atoms with Crippen molar-refractivity contribution in [2.75, 3.05) is 23.4 Å². The number of sulfone groups is 1. The second-order valence-corrected chi connectivity index (χ2v) is 8.36. The summed E-state index contributed by atoms with van der Waals surface area (Å²) in [5, 5.41) is 5.19. The van der Waals surface area contributed by atoms with E-state index in [4.69, 9.17) is 0 Å². The average molecular weight is 389 g/mol. The van der Waals surface area contributed by atoms with E-state index in [9.17, 15) is 18.0 Å². The Morgan fingerprint density at radius 1 is 1.23 bits per heavy atom. The van der Waals surface area contributed by atoms with Crippen molar-refractivity contribution in [1.29, 1.82) is 0 Å². The first-order valence-corrected chi connectivity index (χ1v) is 9.49. The van der Waals surface area contributed by atoms with Crippen LogP contribution < -0.4 is 10.6 Å². The van der Waals surface area contributed by atoms with Crippen LogP contribution in [-0.2, 0) is 19.4 Å². The second-order valence-electron chi connectivity index (χ2n) is 5.28. The van der Waals surface area contributed by atoms with Crippen LogP contribution in [0, 0.1) is 5.92 Å². The Morgan fingerprint density at radius 3 is 2.59 bits per heavy atom. The zero-order valence-corrected chi connectivity index (χ0v) is 14.2. The number of carbonyl (C=O) groups is 2. The van der Waals surface area contributed by atoms with Gasteiger partial charge in [0.2, 0.25) is 11.8 Å². The van der Waals surface area contributed by atoms with Crippen molar-refractivity contribution in [3.63, 3.8) is 0 Å². The zero-order valence-electron chi connectivity index (χ0n) is 11.8. The fourth-order valence-electron chi connectivity index (χ4n) is 2.30. The van der Waals surface area contributed by atoms with Crippen molar-refractivity contribution >= 4 is 43.3 Å². The second kappa shape index (κ2) is 7.23. The fraction of sp³-hybridized carbons (Fsp3) is 0.429. The van der Waals surface area contributed by atoms with Gasteiger partial charge in [0.15, 0.2) is 9.84 Å². The van der Waals surface area contributed by atoms with E-state index in [1.165, 1.54) is 0 Å². The standard InChI is InChI=1S/C14H17BrN2O4S/c15-11-3-1-2-4-12(11)17-14(19)8-16-13(18)7-10-5-6-22(20,21)9-10/h1-4,10H,5-9H2,(H,16,18)(H,17,19)/t10-/m1/s1. The molecule has 2 rings (SSSR count). The molecular formula is C14H17BrN2O4S. The molecule has 2 amide bonds. The lowest BCUT2D eigenvalue weighted by Crippen LogP contribution is -2.34. The molecule has 1 aromatic rings. The monoisotopic (exact) mass is 388 g/mol. The molecule has 1 fully saturated rings. The van der Waals surface area contributed by atoms with Crippen LogP contribution in [0.3, 0.4) is 0 Å². The Bertz CT molecular complexity index is 675. The number of nitrogens with one attached hydrogen (secondary N) is 2. The van der Waals surface area contributed by atoms with Gasteiger partial charge in [-0.15, -0.1) is 0 Å². The average Bonchev–Trinajstić information content (AvgIpc) is 2.78. The van der Waals surface area contributed by atoms with Crippen molar-refractivity contribution in [2.45, 2.75) is 12.8 Å². The van der Waals surface area contributed by atoms with E-state index < -0.39 is 9.84 Å². The maximum atomic E-state index is 11.8. The molecule has 0 saturated carbocycles.